The topological polar surface area (TPSA) is 38.3 Å². The first-order chi connectivity index (χ1) is 12.7. The molecule has 3 heteroatoms. The van der Waals surface area contributed by atoms with Crippen molar-refractivity contribution in [3.63, 3.8) is 0 Å². The number of ether oxygens (including phenoxy) is 1. The first kappa shape index (κ1) is 16.6. The molecule has 0 amide bonds. The van der Waals surface area contributed by atoms with Gasteiger partial charge in [-0.1, -0.05) is 91.0 Å². The summed E-state index contributed by atoms with van der Waals surface area (Å²) in [4.78, 5) is 12.1. The normalized spacial score (nSPS) is 19.5. The Labute approximate surface area is 153 Å². The summed E-state index contributed by atoms with van der Waals surface area (Å²) in [7, 11) is 0. The fourth-order valence-corrected chi connectivity index (χ4v) is 3.67. The number of hydrogen-bond acceptors (Lipinski definition) is 3. The molecule has 0 bridgehead atoms. The molecular formula is C23H21NO2. The first-order valence-corrected chi connectivity index (χ1v) is 8.86. The fourth-order valence-electron chi connectivity index (χ4n) is 3.67. The van der Waals surface area contributed by atoms with Gasteiger partial charge < -0.3 is 4.74 Å². The van der Waals surface area contributed by atoms with Crippen LogP contribution in [-0.4, -0.2) is 18.1 Å². The Morgan fingerprint density at radius 1 is 0.731 bits per heavy atom. The molecule has 4 rings (SSSR count). The molecule has 0 saturated carbocycles. The van der Waals surface area contributed by atoms with Crippen molar-refractivity contribution in [1.82, 2.24) is 5.32 Å². The Morgan fingerprint density at radius 3 is 1.42 bits per heavy atom. The maximum absolute atomic E-state index is 12.1. The van der Waals surface area contributed by atoms with Gasteiger partial charge in [0.25, 0.3) is 0 Å². The Morgan fingerprint density at radius 2 is 1.12 bits per heavy atom. The predicted octanol–water partition coefficient (Wildman–Crippen LogP) is 3.88. The molecule has 1 N–H and O–H groups in total. The molecule has 3 nitrogen and oxygen atoms in total. The largest absolute Gasteiger partial charge is 0.459 e. The highest BCUT2D eigenvalue weighted by atomic mass is 16.6. The number of carbonyl (C=O) groups is 1. The van der Waals surface area contributed by atoms with Crippen molar-refractivity contribution in [2.75, 3.05) is 0 Å². The summed E-state index contributed by atoms with van der Waals surface area (Å²) in [5.41, 5.74) is 2.63. The lowest BCUT2D eigenvalue weighted by Crippen LogP contribution is -2.63. The van der Waals surface area contributed by atoms with E-state index in [9.17, 15) is 4.79 Å². The highest BCUT2D eigenvalue weighted by Crippen LogP contribution is 2.38. The second-order valence-corrected chi connectivity index (χ2v) is 6.61. The minimum absolute atomic E-state index is 0.155. The fraction of sp³-hybridized carbons (Fsp3) is 0.174. The highest BCUT2D eigenvalue weighted by Gasteiger charge is 2.47. The van der Waals surface area contributed by atoms with E-state index in [1.54, 1.807) is 0 Å². The Balaban J connectivity index is 1.95. The van der Waals surface area contributed by atoms with Crippen LogP contribution in [0.15, 0.2) is 91.0 Å². The van der Waals surface area contributed by atoms with Crippen molar-refractivity contribution in [2.24, 2.45) is 0 Å². The third-order valence-electron chi connectivity index (χ3n) is 5.02. The molecule has 1 aliphatic heterocycles. The third kappa shape index (κ3) is 2.71. The molecule has 1 fully saturated rings. The van der Waals surface area contributed by atoms with Crippen LogP contribution in [-0.2, 0) is 15.1 Å². The minimum atomic E-state index is -0.637. The summed E-state index contributed by atoms with van der Waals surface area (Å²) in [6.07, 6.45) is -0.155. The average molecular weight is 343 g/mol. The lowest BCUT2D eigenvalue weighted by molar-refractivity contribution is -0.175. The van der Waals surface area contributed by atoms with E-state index in [0.717, 1.165) is 16.7 Å². The highest BCUT2D eigenvalue weighted by molar-refractivity contribution is 5.82. The molecule has 2 atom stereocenters. The van der Waals surface area contributed by atoms with Crippen molar-refractivity contribution in [1.29, 1.82) is 0 Å². The molecule has 3 aromatic carbocycles. The number of benzene rings is 3. The summed E-state index contributed by atoms with van der Waals surface area (Å²) < 4.78 is 5.20. The molecule has 3 aromatic rings. The number of rotatable bonds is 5. The zero-order valence-corrected chi connectivity index (χ0v) is 14.6. The molecule has 1 unspecified atom stereocenters. The van der Waals surface area contributed by atoms with Gasteiger partial charge in [-0.05, 0) is 23.6 Å². The van der Waals surface area contributed by atoms with Crippen LogP contribution in [0.25, 0.3) is 0 Å². The summed E-state index contributed by atoms with van der Waals surface area (Å²) >= 11 is 0. The van der Waals surface area contributed by atoms with Gasteiger partial charge in [0.1, 0.15) is 12.1 Å². The minimum Gasteiger partial charge on any atom is -0.459 e. The maximum atomic E-state index is 12.1. The van der Waals surface area contributed by atoms with Crippen molar-refractivity contribution < 1.29 is 9.53 Å². The van der Waals surface area contributed by atoms with E-state index >= 15 is 0 Å². The molecule has 130 valence electrons. The van der Waals surface area contributed by atoms with Gasteiger partial charge >= 0.3 is 5.97 Å². The average Bonchev–Trinajstić information content (AvgIpc) is 2.71. The second-order valence-electron chi connectivity index (χ2n) is 6.61. The van der Waals surface area contributed by atoms with Crippen LogP contribution in [0.1, 0.15) is 23.6 Å². The van der Waals surface area contributed by atoms with E-state index in [1.165, 1.54) is 0 Å². The lowest BCUT2D eigenvalue weighted by Gasteiger charge is -2.44. The molecule has 1 saturated heterocycles. The molecule has 1 aliphatic rings. The van der Waals surface area contributed by atoms with Crippen LogP contribution >= 0.6 is 0 Å². The van der Waals surface area contributed by atoms with Crippen LogP contribution in [0.5, 0.6) is 0 Å². The van der Waals surface area contributed by atoms with Gasteiger partial charge in [0, 0.05) is 0 Å². The summed E-state index contributed by atoms with van der Waals surface area (Å²) in [5.74, 6) is -0.204. The molecule has 0 aromatic heterocycles. The zero-order chi connectivity index (χ0) is 18.0. The van der Waals surface area contributed by atoms with Gasteiger partial charge in [0.05, 0.1) is 5.54 Å². The Bertz CT molecular complexity index is 781. The number of nitrogens with one attached hydrogen (secondary N) is 1. The maximum Gasteiger partial charge on any atom is 0.327 e. The number of esters is 1. The van der Waals surface area contributed by atoms with E-state index in [4.69, 9.17) is 4.74 Å². The molecule has 0 aliphatic carbocycles. The van der Waals surface area contributed by atoms with E-state index in [2.05, 4.69) is 41.7 Å². The number of carbonyl (C=O) groups excluding carboxylic acids is 1. The molecule has 0 spiro atoms. The van der Waals surface area contributed by atoms with Crippen LogP contribution in [0.4, 0.5) is 0 Å². The van der Waals surface area contributed by atoms with Crippen LogP contribution in [0, 0.1) is 0 Å². The SMILES string of the molecule is CC1OC(=O)[C@H]1NC(c1ccccc1)(c1ccccc1)c1ccccc1. The Kier molecular flexibility index (Phi) is 4.31. The van der Waals surface area contributed by atoms with Gasteiger partial charge in [0.15, 0.2) is 0 Å². The quantitative estimate of drug-likeness (QED) is 0.564. The van der Waals surface area contributed by atoms with Crippen molar-refractivity contribution in [3.05, 3.63) is 108 Å². The van der Waals surface area contributed by atoms with Gasteiger partial charge in [-0.2, -0.15) is 0 Å². The van der Waals surface area contributed by atoms with Crippen LogP contribution in [0.2, 0.25) is 0 Å². The van der Waals surface area contributed by atoms with E-state index in [0.29, 0.717) is 0 Å². The number of cyclic esters (lactones) is 1. The summed E-state index contributed by atoms with van der Waals surface area (Å²) in [6.45, 7) is 1.92. The zero-order valence-electron chi connectivity index (χ0n) is 14.6. The predicted molar refractivity (Wildman–Crippen MR) is 102 cm³/mol. The van der Waals surface area contributed by atoms with Crippen molar-refractivity contribution >= 4 is 5.97 Å². The van der Waals surface area contributed by atoms with Crippen molar-refractivity contribution in [2.45, 2.75) is 24.6 Å². The van der Waals surface area contributed by atoms with Crippen LogP contribution in [0.3, 0.4) is 0 Å². The summed E-state index contributed by atoms with van der Waals surface area (Å²) in [6, 6.07) is 30.4. The summed E-state index contributed by atoms with van der Waals surface area (Å²) in [5, 5.41) is 3.64. The van der Waals surface area contributed by atoms with E-state index in [1.807, 2.05) is 61.5 Å². The van der Waals surface area contributed by atoms with Crippen LogP contribution < -0.4 is 5.32 Å². The standard InChI is InChI=1S/C23H21NO2/c1-17-21(22(25)26-17)24-23(18-11-5-2-6-12-18,19-13-7-3-8-14-19)20-15-9-4-10-16-20/h2-17,21,24H,1H3/t17?,21-/m0/s1. The van der Waals surface area contributed by atoms with Gasteiger partial charge in [-0.3, -0.25) is 10.1 Å². The molecule has 1 heterocycles. The third-order valence-corrected chi connectivity index (χ3v) is 5.02. The molecule has 0 radical (unpaired) electrons. The Hall–Kier alpha value is -2.91. The molecular weight excluding hydrogens is 322 g/mol. The van der Waals surface area contributed by atoms with Gasteiger partial charge in [0.2, 0.25) is 0 Å². The second kappa shape index (κ2) is 6.77. The lowest BCUT2D eigenvalue weighted by atomic mass is 9.76. The van der Waals surface area contributed by atoms with E-state index in [-0.39, 0.29) is 18.1 Å². The monoisotopic (exact) mass is 343 g/mol. The van der Waals surface area contributed by atoms with Gasteiger partial charge in [-0.15, -0.1) is 0 Å². The number of hydrogen-bond donors (Lipinski definition) is 1. The smallest absolute Gasteiger partial charge is 0.327 e. The first-order valence-electron chi connectivity index (χ1n) is 8.86. The van der Waals surface area contributed by atoms with E-state index < -0.39 is 5.54 Å². The molecule has 26 heavy (non-hydrogen) atoms. The van der Waals surface area contributed by atoms with Crippen molar-refractivity contribution in [3.8, 4) is 0 Å². The van der Waals surface area contributed by atoms with Gasteiger partial charge in [-0.25, -0.2) is 0 Å².